The van der Waals surface area contributed by atoms with Crippen molar-refractivity contribution in [3.8, 4) is 6.07 Å². The highest BCUT2D eigenvalue weighted by atomic mass is 19.4. The Kier molecular flexibility index (Phi) is 7.42. The van der Waals surface area contributed by atoms with E-state index in [1.165, 1.54) is 23.9 Å². The van der Waals surface area contributed by atoms with Crippen molar-refractivity contribution >= 4 is 5.52 Å². The van der Waals surface area contributed by atoms with Gasteiger partial charge in [-0.25, -0.2) is 13.6 Å². The molecule has 4 heterocycles. The summed E-state index contributed by atoms with van der Waals surface area (Å²) < 4.78 is 75.3. The quantitative estimate of drug-likeness (QED) is 0.341. The minimum atomic E-state index is -4.70. The Bertz CT molecular complexity index is 1590. The number of likely N-dealkylation sites (tertiary alicyclic amines) is 1. The zero-order valence-electron chi connectivity index (χ0n) is 24.3. The van der Waals surface area contributed by atoms with Crippen molar-refractivity contribution in [3.05, 3.63) is 52.2 Å². The normalized spacial score (nSPS) is 29.8. The molecule has 0 radical (unpaired) electrons. The molecule has 1 aliphatic heterocycles. The van der Waals surface area contributed by atoms with Gasteiger partial charge in [0.05, 0.1) is 17.1 Å². The van der Waals surface area contributed by atoms with Crippen LogP contribution in [0.15, 0.2) is 29.6 Å². The number of imidazole rings is 1. The number of halogens is 5. The van der Waals surface area contributed by atoms with Crippen molar-refractivity contribution < 1.29 is 22.0 Å². The van der Waals surface area contributed by atoms with Crippen LogP contribution in [0.3, 0.4) is 0 Å². The Morgan fingerprint density at radius 2 is 1.95 bits per heavy atom. The fraction of sp³-hybridized carbons (Fsp3) is 0.667. The molecule has 0 bridgehead atoms. The third kappa shape index (κ3) is 5.47. The van der Waals surface area contributed by atoms with Gasteiger partial charge in [-0.05, 0) is 55.1 Å². The van der Waals surface area contributed by atoms with E-state index < -0.39 is 29.3 Å². The SMILES string of the molecule is CC1CN(Cc2cc(C(F)(F)F)c3cn(C4CCCC(C5(Cc6nncn6C)CC(C#N)C5)C4)c(=O)n3c2)CCC1(F)F. The molecular weight excluding hydrogens is 569 g/mol. The average molecular weight is 606 g/mol. The number of fused-ring (bicyclic) bond motifs is 1. The van der Waals surface area contributed by atoms with Crippen LogP contribution in [-0.4, -0.2) is 47.6 Å². The highest BCUT2D eigenvalue weighted by Crippen LogP contribution is 2.57. The number of aryl methyl sites for hydroxylation is 1. The van der Waals surface area contributed by atoms with Crippen LogP contribution < -0.4 is 5.69 Å². The molecular formula is C30H36F5N7O. The van der Waals surface area contributed by atoms with Crippen molar-refractivity contribution in [2.45, 2.75) is 83.0 Å². The lowest BCUT2D eigenvalue weighted by atomic mass is 9.52. The maximum absolute atomic E-state index is 14.3. The van der Waals surface area contributed by atoms with E-state index in [9.17, 15) is 32.0 Å². The van der Waals surface area contributed by atoms with Crippen LogP contribution in [-0.2, 0) is 26.2 Å². The number of aromatic nitrogens is 5. The standard InChI is InChI=1S/C30H36F5N7O/c1-19-14-40(7-6-29(19,31)32)15-20-8-24(30(33,34)35)25-17-41(27(43)42(25)16-20)23-5-3-4-22(9-23)28(10-21(11-28)13-36)12-26-38-37-18-39(26)2/h8,16-19,21-23H,3-7,9-12,14-15H2,1-2H3. The van der Waals surface area contributed by atoms with Crippen LogP contribution in [0.1, 0.15) is 74.9 Å². The molecule has 2 saturated carbocycles. The summed E-state index contributed by atoms with van der Waals surface area (Å²) in [6.07, 6.45) is 4.50. The second-order valence-electron chi connectivity index (χ2n) is 13.1. The Labute approximate surface area is 246 Å². The van der Waals surface area contributed by atoms with E-state index in [2.05, 4.69) is 16.3 Å². The smallest absolute Gasteiger partial charge is 0.321 e. The molecule has 8 nitrogen and oxygen atoms in total. The number of rotatable bonds is 6. The van der Waals surface area contributed by atoms with Crippen LogP contribution in [0.2, 0.25) is 0 Å². The van der Waals surface area contributed by atoms with Gasteiger partial charge in [0.15, 0.2) is 0 Å². The number of nitrogens with zero attached hydrogens (tertiary/aromatic N) is 7. The van der Waals surface area contributed by atoms with E-state index in [1.807, 2.05) is 11.6 Å². The third-order valence-corrected chi connectivity index (χ3v) is 10.3. The summed E-state index contributed by atoms with van der Waals surface area (Å²) in [6.45, 7) is 1.63. The largest absolute Gasteiger partial charge is 0.418 e. The van der Waals surface area contributed by atoms with Gasteiger partial charge in [0.1, 0.15) is 12.2 Å². The molecule has 3 atom stereocenters. The highest BCUT2D eigenvalue weighted by molar-refractivity contribution is 5.56. The summed E-state index contributed by atoms with van der Waals surface area (Å²) in [4.78, 5) is 15.4. The Balaban J connectivity index is 1.30. The molecule has 232 valence electrons. The summed E-state index contributed by atoms with van der Waals surface area (Å²) >= 11 is 0. The molecule has 3 fully saturated rings. The first-order valence-corrected chi connectivity index (χ1v) is 15.0. The van der Waals surface area contributed by atoms with E-state index in [0.29, 0.717) is 19.3 Å². The number of hydrogen-bond donors (Lipinski definition) is 0. The second-order valence-corrected chi connectivity index (χ2v) is 13.1. The minimum absolute atomic E-state index is 0.0460. The van der Waals surface area contributed by atoms with E-state index >= 15 is 0 Å². The third-order valence-electron chi connectivity index (χ3n) is 10.3. The molecule has 0 amide bonds. The molecule has 0 aromatic carbocycles. The first-order chi connectivity index (χ1) is 20.3. The van der Waals surface area contributed by atoms with Gasteiger partial charge in [0.2, 0.25) is 0 Å². The van der Waals surface area contributed by atoms with Gasteiger partial charge < -0.3 is 4.57 Å². The zero-order chi connectivity index (χ0) is 30.7. The minimum Gasteiger partial charge on any atom is -0.321 e. The number of piperidine rings is 1. The van der Waals surface area contributed by atoms with Gasteiger partial charge in [0, 0.05) is 69.8 Å². The van der Waals surface area contributed by atoms with Gasteiger partial charge in [0.25, 0.3) is 5.92 Å². The number of alkyl halides is 5. The molecule has 0 N–H and O–H groups in total. The molecule has 3 unspecified atom stereocenters. The van der Waals surface area contributed by atoms with E-state index in [0.717, 1.165) is 42.0 Å². The van der Waals surface area contributed by atoms with E-state index in [4.69, 9.17) is 0 Å². The van der Waals surface area contributed by atoms with E-state index in [1.54, 1.807) is 11.2 Å². The van der Waals surface area contributed by atoms with Gasteiger partial charge in [-0.2, -0.15) is 18.4 Å². The van der Waals surface area contributed by atoms with Gasteiger partial charge in [-0.1, -0.05) is 13.3 Å². The first-order valence-electron chi connectivity index (χ1n) is 15.0. The summed E-state index contributed by atoms with van der Waals surface area (Å²) in [7, 11) is 1.88. The highest BCUT2D eigenvalue weighted by Gasteiger charge is 2.51. The first kappa shape index (κ1) is 29.8. The van der Waals surface area contributed by atoms with Crippen LogP contribution >= 0.6 is 0 Å². The molecule has 6 rings (SSSR count). The molecule has 0 spiro atoms. The van der Waals surface area contributed by atoms with Crippen molar-refractivity contribution in [1.29, 1.82) is 5.26 Å². The topological polar surface area (TPSA) is 84.2 Å². The summed E-state index contributed by atoms with van der Waals surface area (Å²) in [5, 5.41) is 17.8. The number of nitriles is 1. The van der Waals surface area contributed by atoms with Gasteiger partial charge in [-0.15, -0.1) is 10.2 Å². The van der Waals surface area contributed by atoms with Crippen molar-refractivity contribution in [3.63, 3.8) is 0 Å². The zero-order valence-corrected chi connectivity index (χ0v) is 24.3. The molecule has 3 aliphatic rings. The maximum Gasteiger partial charge on any atom is 0.418 e. The fourth-order valence-electron chi connectivity index (χ4n) is 7.80. The number of hydrogen-bond acceptors (Lipinski definition) is 5. The van der Waals surface area contributed by atoms with Gasteiger partial charge >= 0.3 is 11.9 Å². The fourth-order valence-corrected chi connectivity index (χ4v) is 7.80. The van der Waals surface area contributed by atoms with Crippen molar-refractivity contribution in [1.82, 2.24) is 28.6 Å². The molecule has 43 heavy (non-hydrogen) atoms. The monoisotopic (exact) mass is 605 g/mol. The molecule has 3 aromatic heterocycles. The van der Waals surface area contributed by atoms with E-state index in [-0.39, 0.29) is 60.4 Å². The Morgan fingerprint density at radius 1 is 1.19 bits per heavy atom. The molecule has 2 aliphatic carbocycles. The predicted molar refractivity (Wildman–Crippen MR) is 147 cm³/mol. The van der Waals surface area contributed by atoms with Gasteiger partial charge in [-0.3, -0.25) is 13.9 Å². The Hall–Kier alpha value is -3.27. The van der Waals surface area contributed by atoms with Crippen LogP contribution in [0.5, 0.6) is 0 Å². The maximum atomic E-state index is 14.3. The van der Waals surface area contributed by atoms with Crippen LogP contribution in [0.25, 0.3) is 5.52 Å². The van der Waals surface area contributed by atoms with Crippen molar-refractivity contribution in [2.24, 2.45) is 30.2 Å². The molecule has 3 aromatic rings. The van der Waals surface area contributed by atoms with Crippen molar-refractivity contribution in [2.75, 3.05) is 13.1 Å². The lowest BCUT2D eigenvalue weighted by Crippen LogP contribution is -2.47. The summed E-state index contributed by atoms with van der Waals surface area (Å²) in [5.41, 5.74) is -1.55. The Morgan fingerprint density at radius 3 is 2.60 bits per heavy atom. The average Bonchev–Trinajstić information content (AvgIpc) is 3.49. The number of pyridine rings is 1. The van der Waals surface area contributed by atoms with Crippen LogP contribution in [0, 0.1) is 34.5 Å². The summed E-state index contributed by atoms with van der Waals surface area (Å²) in [6, 6.07) is 3.14. The molecule has 1 saturated heterocycles. The predicted octanol–water partition coefficient (Wildman–Crippen LogP) is 5.62. The van der Waals surface area contributed by atoms with Crippen LogP contribution in [0.4, 0.5) is 22.0 Å². The summed E-state index contributed by atoms with van der Waals surface area (Å²) in [5.74, 6) is -2.74. The second kappa shape index (κ2) is 10.7. The molecule has 13 heteroatoms. The lowest BCUT2D eigenvalue weighted by molar-refractivity contribution is -0.136. The lowest BCUT2D eigenvalue weighted by Gasteiger charge is -2.52.